The number of aromatic nitrogens is 2. The maximum absolute atomic E-state index is 14.5. The quantitative estimate of drug-likeness (QED) is 0.582. The number of carbonyl (C=O) groups is 1. The van der Waals surface area contributed by atoms with Crippen molar-refractivity contribution in [3.63, 3.8) is 0 Å². The molecule has 2 fully saturated rings. The Morgan fingerprint density at radius 1 is 1.09 bits per heavy atom. The Hall–Kier alpha value is -2.53. The molecule has 0 aliphatic carbocycles. The summed E-state index contributed by atoms with van der Waals surface area (Å²) < 4.78 is 56.4. The predicted octanol–water partition coefficient (Wildman–Crippen LogP) is 4.37. The van der Waals surface area contributed by atoms with Gasteiger partial charge >= 0.3 is 6.18 Å². The lowest BCUT2D eigenvalue weighted by Gasteiger charge is -2.47. The molecule has 0 bridgehead atoms. The van der Waals surface area contributed by atoms with Crippen molar-refractivity contribution in [2.24, 2.45) is 5.92 Å². The first-order valence-electron chi connectivity index (χ1n) is 10.7. The van der Waals surface area contributed by atoms with Crippen molar-refractivity contribution >= 4 is 46.4 Å². The molecule has 13 heteroatoms. The van der Waals surface area contributed by atoms with E-state index in [4.69, 9.17) is 28.9 Å². The number of halogens is 6. The summed E-state index contributed by atoms with van der Waals surface area (Å²) in [6.45, 7) is -0.162. The van der Waals surface area contributed by atoms with Crippen molar-refractivity contribution in [2.75, 3.05) is 35.6 Å². The normalized spacial score (nSPS) is 23.8. The van der Waals surface area contributed by atoms with Crippen LogP contribution >= 0.6 is 23.2 Å². The highest BCUT2D eigenvalue weighted by molar-refractivity contribution is 6.35. The molecule has 2 aliphatic rings. The lowest BCUT2D eigenvalue weighted by molar-refractivity contribution is -0.197. The number of rotatable bonds is 4. The number of benzene rings is 1. The molecule has 184 valence electrons. The number of nitrogens with two attached hydrogens (primary N) is 1. The van der Waals surface area contributed by atoms with E-state index < -0.39 is 41.7 Å². The van der Waals surface area contributed by atoms with Gasteiger partial charge in [-0.2, -0.15) is 17.6 Å². The maximum atomic E-state index is 14.5. The molecule has 0 radical (unpaired) electrons. The third kappa shape index (κ3) is 5.10. The van der Waals surface area contributed by atoms with E-state index in [9.17, 15) is 22.4 Å². The minimum atomic E-state index is -4.53. The van der Waals surface area contributed by atoms with Crippen LogP contribution < -0.4 is 16.0 Å². The minimum absolute atomic E-state index is 0.0846. The SMILES string of the molecule is Nc1ncnc(N2CC[C@@H](C(F)(F)F)[C@H](N3CCCC(Nc4cc(Cl)cc(Cl)c4)C3=O)C2)c1F. The summed E-state index contributed by atoms with van der Waals surface area (Å²) in [7, 11) is 0. The minimum Gasteiger partial charge on any atom is -0.381 e. The fourth-order valence-electron chi connectivity index (χ4n) is 4.62. The lowest BCUT2D eigenvalue weighted by Crippen LogP contribution is -2.62. The summed E-state index contributed by atoms with van der Waals surface area (Å²) in [6, 6.07) is 2.74. The zero-order valence-electron chi connectivity index (χ0n) is 17.8. The van der Waals surface area contributed by atoms with Gasteiger partial charge in [0.1, 0.15) is 12.4 Å². The van der Waals surface area contributed by atoms with E-state index in [0.717, 1.165) is 6.33 Å². The summed E-state index contributed by atoms with van der Waals surface area (Å²) in [6.07, 6.45) is -2.86. The first kappa shape index (κ1) is 24.6. The van der Waals surface area contributed by atoms with Gasteiger partial charge in [-0.15, -0.1) is 0 Å². The number of piperidine rings is 2. The number of nitrogens with one attached hydrogen (secondary N) is 1. The summed E-state index contributed by atoms with van der Waals surface area (Å²) in [4.78, 5) is 23.4. The highest BCUT2D eigenvalue weighted by Gasteiger charge is 2.51. The zero-order chi connectivity index (χ0) is 24.6. The molecule has 3 heterocycles. The van der Waals surface area contributed by atoms with E-state index in [-0.39, 0.29) is 31.9 Å². The number of likely N-dealkylation sites (tertiary alicyclic amines) is 1. The van der Waals surface area contributed by atoms with Crippen molar-refractivity contribution in [1.29, 1.82) is 0 Å². The standard InChI is InChI=1S/C21H22Cl2F4N6O/c22-11-6-12(23)8-13(7-11)31-15-2-1-4-33(20(15)34)16-9-32(5-3-14(16)21(25,26)27)19-17(24)18(28)29-10-30-19/h6-8,10,14-16,31H,1-5,9H2,(H2,28,29,30)/t14-,15?,16-/m1/s1. The molecular formula is C21H22Cl2F4N6O. The Morgan fingerprint density at radius 2 is 1.79 bits per heavy atom. The number of carbonyl (C=O) groups excluding carboxylic acids is 1. The fraction of sp³-hybridized carbons (Fsp3) is 0.476. The molecule has 1 amide bonds. The van der Waals surface area contributed by atoms with Crippen molar-refractivity contribution in [1.82, 2.24) is 14.9 Å². The monoisotopic (exact) mass is 520 g/mol. The molecule has 4 rings (SSSR count). The van der Waals surface area contributed by atoms with Crippen LogP contribution in [0.15, 0.2) is 24.5 Å². The van der Waals surface area contributed by atoms with Gasteiger partial charge in [0.25, 0.3) is 0 Å². The Bertz CT molecular complexity index is 1050. The van der Waals surface area contributed by atoms with E-state index in [1.54, 1.807) is 12.1 Å². The number of hydrogen-bond acceptors (Lipinski definition) is 6. The number of anilines is 3. The van der Waals surface area contributed by atoms with Crippen LogP contribution in [0.3, 0.4) is 0 Å². The Labute approximate surface area is 203 Å². The first-order valence-corrected chi connectivity index (χ1v) is 11.4. The van der Waals surface area contributed by atoms with Crippen LogP contribution in [-0.4, -0.2) is 58.7 Å². The third-order valence-electron chi connectivity index (χ3n) is 6.18. The molecule has 0 saturated carbocycles. The predicted molar refractivity (Wildman–Crippen MR) is 121 cm³/mol. The van der Waals surface area contributed by atoms with Gasteiger partial charge in [0.15, 0.2) is 11.6 Å². The van der Waals surface area contributed by atoms with Crippen LogP contribution in [-0.2, 0) is 4.79 Å². The summed E-state index contributed by atoms with van der Waals surface area (Å²) >= 11 is 12.0. The molecule has 2 saturated heterocycles. The Kier molecular flexibility index (Phi) is 6.95. The zero-order valence-corrected chi connectivity index (χ0v) is 19.3. The first-order chi connectivity index (χ1) is 16.0. The molecule has 1 aromatic carbocycles. The number of nitrogen functional groups attached to an aromatic ring is 1. The molecule has 0 spiro atoms. The number of nitrogens with zero attached hydrogens (tertiary/aromatic N) is 4. The average molecular weight is 521 g/mol. The summed E-state index contributed by atoms with van der Waals surface area (Å²) in [5.41, 5.74) is 6.01. The fourth-order valence-corrected chi connectivity index (χ4v) is 5.14. The topological polar surface area (TPSA) is 87.4 Å². The van der Waals surface area contributed by atoms with Crippen molar-refractivity contribution in [2.45, 2.75) is 37.5 Å². The van der Waals surface area contributed by atoms with Gasteiger partial charge in [0.2, 0.25) is 11.7 Å². The molecule has 2 aromatic rings. The van der Waals surface area contributed by atoms with E-state index in [1.165, 1.54) is 15.9 Å². The second-order valence-corrected chi connectivity index (χ2v) is 9.25. The van der Waals surface area contributed by atoms with Gasteiger partial charge < -0.3 is 20.9 Å². The van der Waals surface area contributed by atoms with Crippen LogP contribution in [0.1, 0.15) is 19.3 Å². The molecule has 7 nitrogen and oxygen atoms in total. The molecule has 34 heavy (non-hydrogen) atoms. The van der Waals surface area contributed by atoms with Crippen molar-refractivity contribution < 1.29 is 22.4 Å². The second kappa shape index (κ2) is 9.61. The van der Waals surface area contributed by atoms with Crippen LogP contribution in [0.5, 0.6) is 0 Å². The molecule has 1 unspecified atom stereocenters. The van der Waals surface area contributed by atoms with E-state index in [1.807, 2.05) is 0 Å². The lowest BCUT2D eigenvalue weighted by atomic mass is 9.87. The summed E-state index contributed by atoms with van der Waals surface area (Å²) in [5.74, 6) is -3.68. The molecule has 1 aromatic heterocycles. The number of hydrogen-bond donors (Lipinski definition) is 2. The third-order valence-corrected chi connectivity index (χ3v) is 6.61. The van der Waals surface area contributed by atoms with Gasteiger partial charge in [0.05, 0.1) is 12.0 Å². The van der Waals surface area contributed by atoms with E-state index in [2.05, 4.69) is 15.3 Å². The van der Waals surface area contributed by atoms with Crippen LogP contribution in [0.25, 0.3) is 0 Å². The van der Waals surface area contributed by atoms with Crippen LogP contribution in [0.4, 0.5) is 34.9 Å². The Balaban J connectivity index is 1.59. The highest BCUT2D eigenvalue weighted by atomic mass is 35.5. The van der Waals surface area contributed by atoms with Gasteiger partial charge in [0, 0.05) is 35.4 Å². The van der Waals surface area contributed by atoms with Crippen LogP contribution in [0.2, 0.25) is 10.0 Å². The second-order valence-electron chi connectivity index (χ2n) is 8.38. The summed E-state index contributed by atoms with van der Waals surface area (Å²) in [5, 5.41) is 3.77. The molecular weight excluding hydrogens is 499 g/mol. The van der Waals surface area contributed by atoms with Crippen LogP contribution in [0, 0.1) is 11.7 Å². The van der Waals surface area contributed by atoms with Crippen molar-refractivity contribution in [3.05, 3.63) is 40.4 Å². The Morgan fingerprint density at radius 3 is 2.47 bits per heavy atom. The number of amides is 1. The molecule has 3 atom stereocenters. The molecule has 3 N–H and O–H groups in total. The smallest absolute Gasteiger partial charge is 0.381 e. The van der Waals surface area contributed by atoms with E-state index >= 15 is 0 Å². The van der Waals surface area contributed by atoms with Gasteiger partial charge in [-0.3, -0.25) is 4.79 Å². The largest absolute Gasteiger partial charge is 0.393 e. The van der Waals surface area contributed by atoms with E-state index in [0.29, 0.717) is 28.6 Å². The maximum Gasteiger partial charge on any atom is 0.393 e. The molecule has 2 aliphatic heterocycles. The van der Waals surface area contributed by atoms with Crippen molar-refractivity contribution in [3.8, 4) is 0 Å². The highest BCUT2D eigenvalue weighted by Crippen LogP contribution is 2.39. The number of alkyl halides is 3. The van der Waals surface area contributed by atoms with Gasteiger partial charge in [-0.1, -0.05) is 23.2 Å². The van der Waals surface area contributed by atoms with Gasteiger partial charge in [-0.25, -0.2) is 9.97 Å². The van der Waals surface area contributed by atoms with Gasteiger partial charge in [-0.05, 0) is 37.5 Å². The average Bonchev–Trinajstić information content (AvgIpc) is 2.75.